The van der Waals surface area contributed by atoms with Crippen molar-refractivity contribution in [2.45, 2.75) is 17.9 Å². The van der Waals surface area contributed by atoms with Gasteiger partial charge < -0.3 is 10.2 Å². The second-order valence-electron chi connectivity index (χ2n) is 6.61. The molecule has 0 aliphatic heterocycles. The Labute approximate surface area is 192 Å². The number of nitrogens with zero attached hydrogens (tertiary/aromatic N) is 3. The fourth-order valence-corrected chi connectivity index (χ4v) is 5.46. The van der Waals surface area contributed by atoms with Crippen molar-refractivity contribution in [1.29, 1.82) is 0 Å². The molecule has 3 N–H and O–H groups in total. The Kier molecular flexibility index (Phi) is 6.03. The lowest BCUT2D eigenvalue weighted by Gasteiger charge is -2.15. The van der Waals surface area contributed by atoms with Crippen LogP contribution in [-0.4, -0.2) is 28.9 Å². The molecule has 2 heterocycles. The first-order valence-electron chi connectivity index (χ1n) is 9.23. The van der Waals surface area contributed by atoms with Gasteiger partial charge >= 0.3 is 5.76 Å². The molecule has 0 fully saturated rings. The van der Waals surface area contributed by atoms with Crippen molar-refractivity contribution in [3.05, 3.63) is 69.4 Å². The van der Waals surface area contributed by atoms with Gasteiger partial charge in [0.2, 0.25) is 5.13 Å². The van der Waals surface area contributed by atoms with Crippen LogP contribution in [0, 0.1) is 11.8 Å². The van der Waals surface area contributed by atoms with E-state index in [9.17, 15) is 13.2 Å². The van der Waals surface area contributed by atoms with Gasteiger partial charge in [-0.05, 0) is 24.6 Å². The van der Waals surface area contributed by atoms with E-state index < -0.39 is 21.8 Å². The highest BCUT2D eigenvalue weighted by Crippen LogP contribution is 2.31. The number of nitrogens with one attached hydrogen (secondary N) is 1. The van der Waals surface area contributed by atoms with Crippen LogP contribution in [0.2, 0.25) is 5.02 Å². The Morgan fingerprint density at radius 2 is 2.12 bits per heavy atom. The summed E-state index contributed by atoms with van der Waals surface area (Å²) < 4.78 is 38.3. The van der Waals surface area contributed by atoms with Crippen molar-refractivity contribution in [3.63, 3.8) is 0 Å². The van der Waals surface area contributed by atoms with Gasteiger partial charge in [-0.2, -0.15) is 4.37 Å². The molecule has 0 spiro atoms. The molecule has 0 bridgehead atoms. The molecule has 9 nitrogen and oxygen atoms in total. The van der Waals surface area contributed by atoms with E-state index in [0.29, 0.717) is 5.52 Å². The molecule has 2 aromatic carbocycles. The summed E-state index contributed by atoms with van der Waals surface area (Å²) in [6.45, 7) is 2.02. The molecule has 0 aliphatic rings. The van der Waals surface area contributed by atoms with E-state index in [4.69, 9.17) is 21.8 Å². The molecule has 1 atom stereocenters. The third-order valence-electron chi connectivity index (χ3n) is 4.66. The Morgan fingerprint density at radius 1 is 1.34 bits per heavy atom. The second kappa shape index (κ2) is 8.76. The van der Waals surface area contributed by atoms with E-state index in [0.717, 1.165) is 22.7 Å². The molecule has 2 aromatic heterocycles. The number of sulfonamides is 1. The average molecular weight is 490 g/mol. The van der Waals surface area contributed by atoms with Crippen molar-refractivity contribution in [2.75, 3.05) is 11.3 Å². The molecule has 164 valence electrons. The predicted molar refractivity (Wildman–Crippen MR) is 122 cm³/mol. The molecule has 0 unspecified atom stereocenters. The molecular weight excluding hydrogens is 474 g/mol. The van der Waals surface area contributed by atoms with Crippen LogP contribution in [0.4, 0.5) is 5.13 Å². The van der Waals surface area contributed by atoms with E-state index in [2.05, 4.69) is 25.9 Å². The quantitative estimate of drug-likeness (QED) is 0.412. The van der Waals surface area contributed by atoms with Crippen LogP contribution in [0.15, 0.2) is 56.8 Å². The van der Waals surface area contributed by atoms with Crippen LogP contribution >= 0.6 is 23.1 Å². The van der Waals surface area contributed by atoms with Crippen molar-refractivity contribution >= 4 is 49.4 Å². The average Bonchev–Trinajstić information content (AvgIpc) is 3.37. The topological polar surface area (TPSA) is 133 Å². The standard InChI is InChI=1S/C20H16ClN5O4S2/c1-12(14-7-3-2-5-13(14)6-4-8-22)26-16-9-15(21)18(10-17(16)30-20(26)27)32(28,29)25-19-23-11-24-31-19/h2-3,5,7,9-12H,8,22H2,1H3,(H,23,24,25)/t12-/m1/s1. The summed E-state index contributed by atoms with van der Waals surface area (Å²) in [5.41, 5.74) is 7.42. The van der Waals surface area contributed by atoms with Gasteiger partial charge in [0.15, 0.2) is 5.58 Å². The van der Waals surface area contributed by atoms with Gasteiger partial charge in [-0.1, -0.05) is 41.6 Å². The number of hydrogen-bond donors (Lipinski definition) is 2. The molecule has 12 heteroatoms. The van der Waals surface area contributed by atoms with Crippen LogP contribution in [0.3, 0.4) is 0 Å². The van der Waals surface area contributed by atoms with E-state index in [-0.39, 0.29) is 27.2 Å². The maximum atomic E-state index is 12.7. The number of benzene rings is 2. The molecular formula is C20H16ClN5O4S2. The zero-order valence-electron chi connectivity index (χ0n) is 16.6. The third-order valence-corrected chi connectivity index (χ3v) is 7.18. The summed E-state index contributed by atoms with van der Waals surface area (Å²) in [6, 6.07) is 9.49. The minimum Gasteiger partial charge on any atom is -0.408 e. The number of oxazole rings is 1. The van der Waals surface area contributed by atoms with Crippen molar-refractivity contribution in [2.24, 2.45) is 5.73 Å². The van der Waals surface area contributed by atoms with Crippen LogP contribution in [0.1, 0.15) is 24.1 Å². The highest BCUT2D eigenvalue weighted by molar-refractivity contribution is 7.93. The van der Waals surface area contributed by atoms with Gasteiger partial charge in [-0.25, -0.2) is 18.2 Å². The van der Waals surface area contributed by atoms with Gasteiger partial charge in [0.05, 0.1) is 23.1 Å². The van der Waals surface area contributed by atoms with Gasteiger partial charge in [0, 0.05) is 23.2 Å². The minimum atomic E-state index is -4.07. The van der Waals surface area contributed by atoms with Crippen LogP contribution in [0.25, 0.3) is 11.1 Å². The number of nitrogens with two attached hydrogens (primary N) is 1. The lowest BCUT2D eigenvalue weighted by atomic mass is 10.0. The third kappa shape index (κ3) is 4.13. The molecule has 0 radical (unpaired) electrons. The first-order chi connectivity index (χ1) is 15.3. The number of fused-ring (bicyclic) bond motifs is 1. The lowest BCUT2D eigenvalue weighted by molar-refractivity contribution is 0.489. The summed E-state index contributed by atoms with van der Waals surface area (Å²) in [5, 5.41) is 0.0106. The Bertz CT molecular complexity index is 1520. The SMILES string of the molecule is C[C@H](c1ccccc1C#CCN)n1c(=O)oc2cc(S(=O)(=O)Nc3ncns3)c(Cl)cc21. The molecule has 32 heavy (non-hydrogen) atoms. The molecule has 0 saturated carbocycles. The summed E-state index contributed by atoms with van der Waals surface area (Å²) in [5.74, 6) is 5.16. The molecule has 4 rings (SSSR count). The van der Waals surface area contributed by atoms with Crippen LogP contribution in [-0.2, 0) is 10.0 Å². The van der Waals surface area contributed by atoms with Crippen molar-refractivity contribution < 1.29 is 12.8 Å². The van der Waals surface area contributed by atoms with Crippen LogP contribution in [0.5, 0.6) is 0 Å². The number of halogens is 1. The zero-order chi connectivity index (χ0) is 22.9. The Hall–Kier alpha value is -3.17. The monoisotopic (exact) mass is 489 g/mol. The summed E-state index contributed by atoms with van der Waals surface area (Å²) in [7, 11) is -4.07. The Morgan fingerprint density at radius 3 is 2.84 bits per heavy atom. The molecule has 0 amide bonds. The summed E-state index contributed by atoms with van der Waals surface area (Å²) in [6.07, 6.45) is 1.23. The summed E-state index contributed by atoms with van der Waals surface area (Å²) >= 11 is 7.19. The second-order valence-corrected chi connectivity index (χ2v) is 9.45. The number of anilines is 1. The number of aromatic nitrogens is 3. The van der Waals surface area contributed by atoms with Crippen LogP contribution < -0.4 is 16.2 Å². The van der Waals surface area contributed by atoms with Crippen molar-refractivity contribution in [3.8, 4) is 11.8 Å². The summed E-state index contributed by atoms with van der Waals surface area (Å²) in [4.78, 5) is 16.3. The zero-order valence-corrected chi connectivity index (χ0v) is 19.0. The largest absolute Gasteiger partial charge is 0.420 e. The smallest absolute Gasteiger partial charge is 0.408 e. The minimum absolute atomic E-state index is 0.0764. The fourth-order valence-electron chi connectivity index (χ4n) is 3.26. The maximum absolute atomic E-state index is 12.7. The first kappa shape index (κ1) is 22.0. The van der Waals surface area contributed by atoms with E-state index >= 15 is 0 Å². The number of rotatable bonds is 5. The molecule has 4 aromatic rings. The first-order valence-corrected chi connectivity index (χ1v) is 11.9. The molecule has 0 aliphatic carbocycles. The highest BCUT2D eigenvalue weighted by Gasteiger charge is 2.25. The molecule has 0 saturated heterocycles. The maximum Gasteiger partial charge on any atom is 0.420 e. The van der Waals surface area contributed by atoms with Gasteiger partial charge in [-0.15, -0.1) is 0 Å². The van der Waals surface area contributed by atoms with Gasteiger partial charge in [0.1, 0.15) is 11.2 Å². The lowest BCUT2D eigenvalue weighted by Crippen LogP contribution is -2.20. The van der Waals surface area contributed by atoms with Gasteiger partial charge in [-0.3, -0.25) is 9.29 Å². The van der Waals surface area contributed by atoms with E-state index in [1.54, 1.807) is 0 Å². The van der Waals surface area contributed by atoms with Gasteiger partial charge in [0.25, 0.3) is 10.0 Å². The number of hydrogen-bond acceptors (Lipinski definition) is 8. The van der Waals surface area contributed by atoms with E-state index in [1.807, 2.05) is 31.2 Å². The van der Waals surface area contributed by atoms with Crippen molar-refractivity contribution in [1.82, 2.24) is 13.9 Å². The normalized spacial score (nSPS) is 12.3. The fraction of sp³-hybridized carbons (Fsp3) is 0.150. The predicted octanol–water partition coefficient (Wildman–Crippen LogP) is 2.82. The van der Waals surface area contributed by atoms with E-state index in [1.165, 1.54) is 23.0 Å². The highest BCUT2D eigenvalue weighted by atomic mass is 35.5. The Balaban J connectivity index is 1.81.